The summed E-state index contributed by atoms with van der Waals surface area (Å²) in [5, 5.41) is 0. The van der Waals surface area contributed by atoms with E-state index in [-0.39, 0.29) is 11.2 Å². The minimum atomic E-state index is -0.00653. The summed E-state index contributed by atoms with van der Waals surface area (Å²) in [6.07, 6.45) is 6.55. The summed E-state index contributed by atoms with van der Waals surface area (Å²) in [4.78, 5) is 11.1. The van der Waals surface area contributed by atoms with E-state index < -0.39 is 0 Å². The van der Waals surface area contributed by atoms with E-state index in [0.29, 0.717) is 6.42 Å². The lowest BCUT2D eigenvalue weighted by Gasteiger charge is -2.29. The van der Waals surface area contributed by atoms with Crippen LogP contribution >= 0.6 is 0 Å². The standard InChI is InChI=1S/C11H16O2/c1-4-7-13-10-8-9(12)5-6-11(10,2)3/h4,7-8H,5-6H2,1-3H3. The molecule has 72 valence electrons. The zero-order valence-corrected chi connectivity index (χ0v) is 8.46. The fourth-order valence-electron chi connectivity index (χ4n) is 1.31. The number of allylic oxidation sites excluding steroid dienone is 3. The molecule has 2 nitrogen and oxygen atoms in total. The molecule has 0 aromatic heterocycles. The molecule has 0 heterocycles. The first-order valence-electron chi connectivity index (χ1n) is 4.59. The minimum absolute atomic E-state index is 0.00653. The van der Waals surface area contributed by atoms with Crippen molar-refractivity contribution in [3.8, 4) is 0 Å². The highest BCUT2D eigenvalue weighted by Gasteiger charge is 2.29. The first kappa shape index (κ1) is 10.0. The molecular formula is C11H16O2. The number of hydrogen-bond acceptors (Lipinski definition) is 2. The minimum Gasteiger partial charge on any atom is -0.469 e. The third-order valence-corrected chi connectivity index (χ3v) is 2.29. The highest BCUT2D eigenvalue weighted by Crippen LogP contribution is 2.36. The molecule has 0 amide bonds. The van der Waals surface area contributed by atoms with E-state index in [1.165, 1.54) is 0 Å². The third kappa shape index (κ3) is 2.44. The average molecular weight is 180 g/mol. The van der Waals surface area contributed by atoms with Crippen LogP contribution in [-0.2, 0) is 9.53 Å². The maximum absolute atomic E-state index is 11.1. The number of carbonyl (C=O) groups is 1. The molecule has 0 saturated heterocycles. The monoisotopic (exact) mass is 180 g/mol. The van der Waals surface area contributed by atoms with Crippen molar-refractivity contribution in [3.63, 3.8) is 0 Å². The quantitative estimate of drug-likeness (QED) is 0.611. The van der Waals surface area contributed by atoms with E-state index in [0.717, 1.165) is 12.2 Å². The van der Waals surface area contributed by atoms with Crippen molar-refractivity contribution in [1.29, 1.82) is 0 Å². The maximum atomic E-state index is 11.1. The van der Waals surface area contributed by atoms with E-state index in [9.17, 15) is 4.79 Å². The Morgan fingerprint density at radius 3 is 2.85 bits per heavy atom. The van der Waals surface area contributed by atoms with E-state index in [2.05, 4.69) is 13.8 Å². The molecule has 13 heavy (non-hydrogen) atoms. The van der Waals surface area contributed by atoms with Crippen molar-refractivity contribution in [2.75, 3.05) is 0 Å². The van der Waals surface area contributed by atoms with Gasteiger partial charge < -0.3 is 4.74 Å². The van der Waals surface area contributed by atoms with Gasteiger partial charge in [-0.05, 0) is 13.3 Å². The summed E-state index contributed by atoms with van der Waals surface area (Å²) < 4.78 is 5.38. The molecule has 0 radical (unpaired) electrons. The molecule has 2 heteroatoms. The van der Waals surface area contributed by atoms with Gasteiger partial charge in [-0.15, -0.1) is 0 Å². The van der Waals surface area contributed by atoms with Crippen molar-refractivity contribution in [1.82, 2.24) is 0 Å². The van der Waals surface area contributed by atoms with Gasteiger partial charge in [0, 0.05) is 17.9 Å². The summed E-state index contributed by atoms with van der Waals surface area (Å²) in [6.45, 7) is 6.07. The lowest BCUT2D eigenvalue weighted by molar-refractivity contribution is -0.116. The van der Waals surface area contributed by atoms with Crippen molar-refractivity contribution in [2.24, 2.45) is 5.41 Å². The number of ether oxygens (including phenoxy) is 1. The van der Waals surface area contributed by atoms with Crippen molar-refractivity contribution < 1.29 is 9.53 Å². The molecule has 0 saturated carbocycles. The molecule has 1 aliphatic rings. The molecule has 0 N–H and O–H groups in total. The van der Waals surface area contributed by atoms with Gasteiger partial charge in [-0.25, -0.2) is 0 Å². The number of hydrogen-bond donors (Lipinski definition) is 0. The van der Waals surface area contributed by atoms with Gasteiger partial charge in [-0.3, -0.25) is 4.79 Å². The smallest absolute Gasteiger partial charge is 0.159 e. The topological polar surface area (TPSA) is 26.3 Å². The average Bonchev–Trinajstić information content (AvgIpc) is 2.07. The highest BCUT2D eigenvalue weighted by atomic mass is 16.5. The number of carbonyl (C=O) groups excluding carboxylic acids is 1. The van der Waals surface area contributed by atoms with Gasteiger partial charge in [-0.2, -0.15) is 0 Å². The van der Waals surface area contributed by atoms with Crippen LogP contribution in [0.4, 0.5) is 0 Å². The van der Waals surface area contributed by atoms with Gasteiger partial charge >= 0.3 is 0 Å². The van der Waals surface area contributed by atoms with Crippen LogP contribution in [0.5, 0.6) is 0 Å². The van der Waals surface area contributed by atoms with E-state index in [1.807, 2.05) is 13.0 Å². The second-order valence-corrected chi connectivity index (χ2v) is 3.95. The third-order valence-electron chi connectivity index (χ3n) is 2.29. The Kier molecular flexibility index (Phi) is 2.91. The summed E-state index contributed by atoms with van der Waals surface area (Å²) in [6, 6.07) is 0. The normalized spacial score (nSPS) is 21.8. The lowest BCUT2D eigenvalue weighted by atomic mass is 9.80. The van der Waals surface area contributed by atoms with Crippen LogP contribution in [0.15, 0.2) is 24.2 Å². The summed E-state index contributed by atoms with van der Waals surface area (Å²) >= 11 is 0. The van der Waals surface area contributed by atoms with Crippen LogP contribution in [0.1, 0.15) is 33.6 Å². The largest absolute Gasteiger partial charge is 0.469 e. The van der Waals surface area contributed by atoms with Gasteiger partial charge in [0.25, 0.3) is 0 Å². The Bertz CT molecular complexity index is 259. The molecule has 0 aliphatic heterocycles. The molecule has 0 unspecified atom stereocenters. The molecule has 0 atom stereocenters. The number of ketones is 1. The van der Waals surface area contributed by atoms with Crippen LogP contribution in [0, 0.1) is 5.41 Å². The fourth-order valence-corrected chi connectivity index (χ4v) is 1.31. The lowest BCUT2D eigenvalue weighted by Crippen LogP contribution is -2.22. The zero-order chi connectivity index (χ0) is 9.90. The van der Waals surface area contributed by atoms with E-state index in [1.54, 1.807) is 12.3 Å². The number of rotatable bonds is 2. The van der Waals surface area contributed by atoms with Gasteiger partial charge in [0.15, 0.2) is 5.78 Å². The predicted octanol–water partition coefficient (Wildman–Crippen LogP) is 2.81. The van der Waals surface area contributed by atoms with Crippen molar-refractivity contribution in [3.05, 3.63) is 24.2 Å². The molecule has 0 bridgehead atoms. The highest BCUT2D eigenvalue weighted by molar-refractivity contribution is 5.91. The van der Waals surface area contributed by atoms with Crippen LogP contribution < -0.4 is 0 Å². The molecule has 0 fully saturated rings. The maximum Gasteiger partial charge on any atom is 0.159 e. The SMILES string of the molecule is CC=COC1=CC(=O)CCC1(C)C. The fraction of sp³-hybridized carbons (Fsp3) is 0.545. The van der Waals surface area contributed by atoms with Crippen molar-refractivity contribution in [2.45, 2.75) is 33.6 Å². The van der Waals surface area contributed by atoms with Crippen LogP contribution in [0.3, 0.4) is 0 Å². The molecule has 1 aliphatic carbocycles. The van der Waals surface area contributed by atoms with Crippen LogP contribution in [-0.4, -0.2) is 5.78 Å². The second kappa shape index (κ2) is 3.77. The Morgan fingerprint density at radius 1 is 1.54 bits per heavy atom. The Morgan fingerprint density at radius 2 is 2.23 bits per heavy atom. The van der Waals surface area contributed by atoms with E-state index >= 15 is 0 Å². The first-order valence-corrected chi connectivity index (χ1v) is 4.59. The molecule has 0 spiro atoms. The van der Waals surface area contributed by atoms with Gasteiger partial charge in [0.1, 0.15) is 5.76 Å². The van der Waals surface area contributed by atoms with Gasteiger partial charge in [0.05, 0.1) is 6.26 Å². The first-order chi connectivity index (χ1) is 6.06. The van der Waals surface area contributed by atoms with E-state index in [4.69, 9.17) is 4.74 Å². The summed E-state index contributed by atoms with van der Waals surface area (Å²) in [5.41, 5.74) is -0.00653. The molecule has 1 rings (SSSR count). The van der Waals surface area contributed by atoms with Crippen LogP contribution in [0.25, 0.3) is 0 Å². The van der Waals surface area contributed by atoms with Crippen LogP contribution in [0.2, 0.25) is 0 Å². The Hall–Kier alpha value is -1.05. The molecule has 0 aromatic rings. The zero-order valence-electron chi connectivity index (χ0n) is 8.46. The van der Waals surface area contributed by atoms with Gasteiger partial charge in [-0.1, -0.05) is 19.9 Å². The Balaban J connectivity index is 2.81. The molecule has 0 aromatic carbocycles. The van der Waals surface area contributed by atoms with Crippen molar-refractivity contribution >= 4 is 5.78 Å². The van der Waals surface area contributed by atoms with Gasteiger partial charge in [0.2, 0.25) is 0 Å². The second-order valence-electron chi connectivity index (χ2n) is 3.95. The summed E-state index contributed by atoms with van der Waals surface area (Å²) in [7, 11) is 0. The Labute approximate surface area is 79.3 Å². The summed E-state index contributed by atoms with van der Waals surface area (Å²) in [5.74, 6) is 0.945. The predicted molar refractivity (Wildman–Crippen MR) is 52.0 cm³/mol. The molecular weight excluding hydrogens is 164 g/mol.